The topological polar surface area (TPSA) is 46.1 Å². The Kier molecular flexibility index (Phi) is 8.86. The highest BCUT2D eigenvalue weighted by Gasteiger charge is 2.37. The van der Waals surface area contributed by atoms with Crippen molar-refractivity contribution in [1.29, 1.82) is 0 Å². The molecule has 0 spiro atoms. The molecule has 2 aliphatic heterocycles. The molecule has 5 nitrogen and oxygen atoms in total. The molecule has 158 valence electrons. The summed E-state index contributed by atoms with van der Waals surface area (Å²) in [6.07, 6.45) is 4.47. The molecule has 2 heterocycles. The highest BCUT2D eigenvalue weighted by molar-refractivity contribution is 14.0. The summed E-state index contributed by atoms with van der Waals surface area (Å²) in [5, 5.41) is 3.70. The predicted molar refractivity (Wildman–Crippen MR) is 126 cm³/mol. The van der Waals surface area contributed by atoms with Gasteiger partial charge in [-0.15, -0.1) is 24.0 Å². The molecular weight excluding hydrogens is 465 g/mol. The van der Waals surface area contributed by atoms with Crippen molar-refractivity contribution in [3.63, 3.8) is 0 Å². The van der Waals surface area contributed by atoms with Crippen LogP contribution in [-0.2, 0) is 10.2 Å². The van der Waals surface area contributed by atoms with E-state index in [0.29, 0.717) is 0 Å². The summed E-state index contributed by atoms with van der Waals surface area (Å²) >= 11 is 0. The fraction of sp³-hybridized carbons (Fsp3) is 0.682. The van der Waals surface area contributed by atoms with Crippen molar-refractivity contribution in [2.45, 2.75) is 44.9 Å². The van der Waals surface area contributed by atoms with Crippen LogP contribution in [0.4, 0.5) is 0 Å². The van der Waals surface area contributed by atoms with Crippen molar-refractivity contribution < 1.29 is 9.47 Å². The summed E-state index contributed by atoms with van der Waals surface area (Å²) in [6, 6.07) is 6.51. The third-order valence-corrected chi connectivity index (χ3v) is 6.26. The van der Waals surface area contributed by atoms with Crippen molar-refractivity contribution in [2.75, 3.05) is 47.0 Å². The van der Waals surface area contributed by atoms with E-state index in [9.17, 15) is 0 Å². The number of nitrogens with one attached hydrogen (secondary N) is 1. The lowest BCUT2D eigenvalue weighted by Crippen LogP contribution is -2.51. The first-order valence-corrected chi connectivity index (χ1v) is 10.3. The number of rotatable bonds is 4. The van der Waals surface area contributed by atoms with Gasteiger partial charge in [-0.2, -0.15) is 0 Å². The van der Waals surface area contributed by atoms with Gasteiger partial charge in [0.15, 0.2) is 5.96 Å². The largest absolute Gasteiger partial charge is 0.496 e. The zero-order valence-corrected chi connectivity index (χ0v) is 20.1. The summed E-state index contributed by atoms with van der Waals surface area (Å²) in [4.78, 5) is 6.98. The van der Waals surface area contributed by atoms with E-state index < -0.39 is 0 Å². The number of aliphatic imine (C=N–C) groups is 1. The normalized spacial score (nSPS) is 20.4. The van der Waals surface area contributed by atoms with Gasteiger partial charge in [-0.05, 0) is 44.6 Å². The summed E-state index contributed by atoms with van der Waals surface area (Å²) < 4.78 is 11.4. The van der Waals surface area contributed by atoms with Gasteiger partial charge in [0.2, 0.25) is 0 Å². The van der Waals surface area contributed by atoms with Gasteiger partial charge in [-0.1, -0.05) is 24.6 Å². The molecule has 1 aromatic carbocycles. The van der Waals surface area contributed by atoms with Gasteiger partial charge in [0.05, 0.1) is 7.11 Å². The molecule has 1 N–H and O–H groups in total. The van der Waals surface area contributed by atoms with Crippen molar-refractivity contribution in [1.82, 2.24) is 10.2 Å². The molecule has 0 amide bonds. The van der Waals surface area contributed by atoms with Crippen LogP contribution in [0.25, 0.3) is 0 Å². The molecule has 1 aromatic rings. The van der Waals surface area contributed by atoms with Crippen LogP contribution < -0.4 is 10.1 Å². The van der Waals surface area contributed by atoms with Crippen LogP contribution in [0.2, 0.25) is 0 Å². The van der Waals surface area contributed by atoms with E-state index in [1.807, 2.05) is 7.05 Å². The third-order valence-electron chi connectivity index (χ3n) is 6.26. The fourth-order valence-electron chi connectivity index (χ4n) is 4.34. The first kappa shape index (κ1) is 23.3. The van der Waals surface area contributed by atoms with Crippen molar-refractivity contribution in [3.8, 4) is 5.75 Å². The second kappa shape index (κ2) is 10.7. The lowest BCUT2D eigenvalue weighted by molar-refractivity contribution is 0.0502. The lowest BCUT2D eigenvalue weighted by atomic mass is 9.73. The summed E-state index contributed by atoms with van der Waals surface area (Å²) in [5.41, 5.74) is 2.57. The standard InChI is InChI=1S/C22H35N3O2.HI/c1-17-7-11-25(12-8-17)21(23-3)24-16-22(9-13-27-14-10-22)19-15-18(2)5-6-20(19)26-4;/h5-6,15,17H,7-14,16H2,1-4H3,(H,23,24);1H. The Morgan fingerprint density at radius 1 is 1.29 bits per heavy atom. The molecule has 28 heavy (non-hydrogen) atoms. The number of likely N-dealkylation sites (tertiary alicyclic amines) is 1. The van der Waals surface area contributed by atoms with E-state index in [1.165, 1.54) is 24.0 Å². The SMILES string of the molecule is CN=C(NCC1(c2cc(C)ccc2OC)CCOCC1)N1CCC(C)CC1.I. The van der Waals surface area contributed by atoms with Crippen LogP contribution in [0.5, 0.6) is 5.75 Å². The second-order valence-corrected chi connectivity index (χ2v) is 8.17. The van der Waals surface area contributed by atoms with E-state index >= 15 is 0 Å². The fourth-order valence-corrected chi connectivity index (χ4v) is 4.34. The zero-order chi connectivity index (χ0) is 19.3. The second-order valence-electron chi connectivity index (χ2n) is 8.17. The minimum Gasteiger partial charge on any atom is -0.496 e. The van der Waals surface area contributed by atoms with Gasteiger partial charge in [0.25, 0.3) is 0 Å². The van der Waals surface area contributed by atoms with Crippen LogP contribution in [-0.4, -0.2) is 57.9 Å². The maximum absolute atomic E-state index is 5.73. The van der Waals surface area contributed by atoms with Crippen LogP contribution in [0.15, 0.2) is 23.2 Å². The van der Waals surface area contributed by atoms with Crippen molar-refractivity contribution >= 4 is 29.9 Å². The molecule has 0 radical (unpaired) electrons. The number of nitrogens with zero attached hydrogens (tertiary/aromatic N) is 2. The van der Waals surface area contributed by atoms with Crippen molar-refractivity contribution in [2.24, 2.45) is 10.9 Å². The number of guanidine groups is 1. The molecule has 0 unspecified atom stereocenters. The van der Waals surface area contributed by atoms with Crippen LogP contribution in [0.1, 0.15) is 43.7 Å². The maximum atomic E-state index is 5.73. The molecule has 2 aliphatic rings. The Labute approximate surface area is 187 Å². The van der Waals surface area contributed by atoms with E-state index in [1.54, 1.807) is 7.11 Å². The Hall–Kier alpha value is -1.02. The number of hydrogen-bond donors (Lipinski definition) is 1. The van der Waals surface area contributed by atoms with Gasteiger partial charge < -0.3 is 19.7 Å². The molecule has 0 aromatic heterocycles. The van der Waals surface area contributed by atoms with E-state index in [2.05, 4.69) is 47.3 Å². The first-order valence-electron chi connectivity index (χ1n) is 10.3. The summed E-state index contributed by atoms with van der Waals surface area (Å²) in [7, 11) is 3.66. The summed E-state index contributed by atoms with van der Waals surface area (Å²) in [6.45, 7) is 9.10. The monoisotopic (exact) mass is 501 g/mol. The van der Waals surface area contributed by atoms with Gasteiger partial charge in [0, 0.05) is 50.9 Å². The molecule has 0 bridgehead atoms. The number of hydrogen-bond acceptors (Lipinski definition) is 3. The van der Waals surface area contributed by atoms with E-state index in [0.717, 1.165) is 63.3 Å². The molecule has 3 rings (SSSR count). The predicted octanol–water partition coefficient (Wildman–Crippen LogP) is 3.98. The molecule has 0 atom stereocenters. The van der Waals surface area contributed by atoms with Crippen LogP contribution in [0, 0.1) is 12.8 Å². The third kappa shape index (κ3) is 5.32. The highest BCUT2D eigenvalue weighted by Crippen LogP contribution is 2.40. The van der Waals surface area contributed by atoms with Crippen LogP contribution >= 0.6 is 24.0 Å². The zero-order valence-electron chi connectivity index (χ0n) is 17.8. The lowest BCUT2D eigenvalue weighted by Gasteiger charge is -2.40. The number of piperidine rings is 1. The first-order chi connectivity index (χ1) is 13.1. The molecule has 2 fully saturated rings. The minimum atomic E-state index is 0. The Morgan fingerprint density at radius 3 is 2.57 bits per heavy atom. The highest BCUT2D eigenvalue weighted by atomic mass is 127. The van der Waals surface area contributed by atoms with E-state index in [-0.39, 0.29) is 29.4 Å². The Bertz CT molecular complexity index is 651. The molecule has 0 saturated carbocycles. The number of methoxy groups -OCH3 is 1. The molecular formula is C22H36IN3O2. The smallest absolute Gasteiger partial charge is 0.193 e. The molecule has 6 heteroatoms. The van der Waals surface area contributed by atoms with E-state index in [4.69, 9.17) is 9.47 Å². The van der Waals surface area contributed by atoms with Gasteiger partial charge in [-0.25, -0.2) is 0 Å². The van der Waals surface area contributed by atoms with Gasteiger partial charge >= 0.3 is 0 Å². The summed E-state index contributed by atoms with van der Waals surface area (Å²) in [5.74, 6) is 2.82. The average Bonchev–Trinajstić information content (AvgIpc) is 2.70. The average molecular weight is 501 g/mol. The minimum absolute atomic E-state index is 0. The molecule has 0 aliphatic carbocycles. The quantitative estimate of drug-likeness (QED) is 0.385. The molecule has 2 saturated heterocycles. The number of ether oxygens (including phenoxy) is 2. The van der Waals surface area contributed by atoms with Crippen LogP contribution in [0.3, 0.4) is 0 Å². The number of halogens is 1. The van der Waals surface area contributed by atoms with Crippen molar-refractivity contribution in [3.05, 3.63) is 29.3 Å². The number of aryl methyl sites for hydroxylation is 1. The van der Waals surface area contributed by atoms with Gasteiger partial charge in [0.1, 0.15) is 5.75 Å². The Morgan fingerprint density at radius 2 is 1.96 bits per heavy atom. The maximum Gasteiger partial charge on any atom is 0.193 e. The van der Waals surface area contributed by atoms with Gasteiger partial charge in [-0.3, -0.25) is 4.99 Å². The number of benzene rings is 1. The Balaban J connectivity index is 0.00000280.